The van der Waals surface area contributed by atoms with Crippen LogP contribution in [0, 0.1) is 17.8 Å². The van der Waals surface area contributed by atoms with Gasteiger partial charge in [0.25, 0.3) is 0 Å². The minimum atomic E-state index is 0.892. The summed E-state index contributed by atoms with van der Waals surface area (Å²) < 4.78 is 0. The van der Waals surface area contributed by atoms with Crippen LogP contribution in [0.25, 0.3) is 0 Å². The van der Waals surface area contributed by atoms with Crippen LogP contribution < -0.4 is 0 Å². The summed E-state index contributed by atoms with van der Waals surface area (Å²) in [6.45, 7) is 12.0. The van der Waals surface area contributed by atoms with Gasteiger partial charge in [-0.15, -0.1) is 0 Å². The van der Waals surface area contributed by atoms with Gasteiger partial charge in [0, 0.05) is 0 Å². The van der Waals surface area contributed by atoms with Crippen LogP contribution in [-0.4, -0.2) is 0 Å². The van der Waals surface area contributed by atoms with Crippen molar-refractivity contribution in [3.63, 3.8) is 0 Å². The van der Waals surface area contributed by atoms with E-state index in [-0.39, 0.29) is 0 Å². The van der Waals surface area contributed by atoms with Crippen LogP contribution in [0.4, 0.5) is 0 Å². The Kier molecular flexibility index (Phi) is 15.9. The second-order valence-corrected chi connectivity index (χ2v) is 8.25. The van der Waals surface area contributed by atoms with Gasteiger partial charge in [-0.2, -0.15) is 0 Å². The van der Waals surface area contributed by atoms with Crippen molar-refractivity contribution in [2.24, 2.45) is 17.8 Å². The summed E-state index contributed by atoms with van der Waals surface area (Å²) in [7, 11) is 0. The molecule has 0 aliphatic carbocycles. The summed E-state index contributed by atoms with van der Waals surface area (Å²) in [6, 6.07) is 0. The molecule has 0 saturated heterocycles. The van der Waals surface area contributed by atoms with Gasteiger partial charge in [-0.25, -0.2) is 0 Å². The second-order valence-electron chi connectivity index (χ2n) is 8.25. The molecule has 2 atom stereocenters. The van der Waals surface area contributed by atoms with Gasteiger partial charge in [0.15, 0.2) is 0 Å². The molecule has 0 heteroatoms. The third kappa shape index (κ3) is 14.9. The van der Waals surface area contributed by atoms with Crippen molar-refractivity contribution in [1.82, 2.24) is 0 Å². The molecule has 0 N–H and O–H groups in total. The monoisotopic (exact) mass is 310 g/mol. The molecule has 2 unspecified atom stereocenters. The van der Waals surface area contributed by atoms with Crippen molar-refractivity contribution < 1.29 is 0 Å². The lowest BCUT2D eigenvalue weighted by Gasteiger charge is -2.19. The predicted octanol–water partition coefficient (Wildman–Crippen LogP) is 8.40. The molecule has 0 amide bonds. The molecule has 0 saturated carbocycles. The Morgan fingerprint density at radius 2 is 0.818 bits per heavy atom. The molecule has 0 rings (SSSR count). The van der Waals surface area contributed by atoms with Crippen molar-refractivity contribution in [1.29, 1.82) is 0 Å². The molecule has 0 spiro atoms. The average Bonchev–Trinajstić information content (AvgIpc) is 2.49. The highest BCUT2D eigenvalue weighted by atomic mass is 14.2. The Morgan fingerprint density at radius 3 is 1.23 bits per heavy atom. The summed E-state index contributed by atoms with van der Waals surface area (Å²) in [6.07, 6.45) is 20.3. The molecular weight excluding hydrogens is 264 g/mol. The van der Waals surface area contributed by atoms with E-state index in [0.29, 0.717) is 0 Å². The van der Waals surface area contributed by atoms with Crippen molar-refractivity contribution in [3.05, 3.63) is 0 Å². The van der Waals surface area contributed by atoms with E-state index in [1.165, 1.54) is 89.9 Å². The van der Waals surface area contributed by atoms with E-state index in [4.69, 9.17) is 0 Å². The first-order chi connectivity index (χ1) is 10.6. The molecule has 0 heterocycles. The van der Waals surface area contributed by atoms with E-state index in [0.717, 1.165) is 17.8 Å². The summed E-state index contributed by atoms with van der Waals surface area (Å²) in [4.78, 5) is 0. The van der Waals surface area contributed by atoms with Gasteiger partial charge in [-0.05, 0) is 17.8 Å². The first kappa shape index (κ1) is 22.0. The molecule has 0 aliphatic heterocycles. The van der Waals surface area contributed by atoms with Crippen LogP contribution >= 0.6 is 0 Å². The van der Waals surface area contributed by atoms with Gasteiger partial charge in [0.05, 0.1) is 0 Å². The van der Waals surface area contributed by atoms with Crippen LogP contribution in [0.3, 0.4) is 0 Å². The second kappa shape index (κ2) is 15.9. The van der Waals surface area contributed by atoms with Gasteiger partial charge in [0.1, 0.15) is 0 Å². The number of hydrogen-bond acceptors (Lipinski definition) is 0. The first-order valence-electron chi connectivity index (χ1n) is 10.6. The highest BCUT2D eigenvalue weighted by Gasteiger charge is 2.11. The van der Waals surface area contributed by atoms with E-state index in [1.807, 2.05) is 0 Å². The Bertz CT molecular complexity index is 206. The molecule has 0 nitrogen and oxygen atoms in total. The van der Waals surface area contributed by atoms with Gasteiger partial charge < -0.3 is 0 Å². The third-order valence-electron chi connectivity index (χ3n) is 5.43. The molecule has 0 aliphatic rings. The van der Waals surface area contributed by atoms with Crippen LogP contribution in [0.15, 0.2) is 0 Å². The first-order valence-corrected chi connectivity index (χ1v) is 10.6. The van der Waals surface area contributed by atoms with Crippen molar-refractivity contribution >= 4 is 0 Å². The Morgan fingerprint density at radius 1 is 0.455 bits per heavy atom. The highest BCUT2D eigenvalue weighted by Crippen LogP contribution is 2.24. The standard InChI is InChI=1S/C22H46/c1-6-7-8-9-12-15-18-21(4)22(5)19-16-13-10-11-14-17-20(2)3/h20-22H,6-19H2,1-5H3. The zero-order chi connectivity index (χ0) is 16.6. The van der Waals surface area contributed by atoms with Crippen molar-refractivity contribution in [2.75, 3.05) is 0 Å². The van der Waals surface area contributed by atoms with Crippen LogP contribution in [0.5, 0.6) is 0 Å². The fourth-order valence-corrected chi connectivity index (χ4v) is 3.36. The molecule has 22 heavy (non-hydrogen) atoms. The van der Waals surface area contributed by atoms with Crippen LogP contribution in [0.2, 0.25) is 0 Å². The fourth-order valence-electron chi connectivity index (χ4n) is 3.36. The maximum absolute atomic E-state index is 2.49. The van der Waals surface area contributed by atoms with Crippen LogP contribution in [0.1, 0.15) is 125 Å². The minimum Gasteiger partial charge on any atom is -0.0654 e. The van der Waals surface area contributed by atoms with Crippen molar-refractivity contribution in [2.45, 2.75) is 125 Å². The maximum atomic E-state index is 2.49. The zero-order valence-corrected chi connectivity index (χ0v) is 16.6. The third-order valence-corrected chi connectivity index (χ3v) is 5.43. The van der Waals surface area contributed by atoms with Crippen molar-refractivity contribution in [3.8, 4) is 0 Å². The van der Waals surface area contributed by atoms with E-state index >= 15 is 0 Å². The smallest absolute Gasteiger partial charge is 0.0417 e. The van der Waals surface area contributed by atoms with Gasteiger partial charge >= 0.3 is 0 Å². The average molecular weight is 311 g/mol. The molecule has 0 aromatic rings. The molecule has 0 aromatic heterocycles. The summed E-state index contributed by atoms with van der Waals surface area (Å²) >= 11 is 0. The van der Waals surface area contributed by atoms with Gasteiger partial charge in [0.2, 0.25) is 0 Å². The molecule has 0 bridgehead atoms. The lowest BCUT2D eigenvalue weighted by molar-refractivity contribution is 0.322. The van der Waals surface area contributed by atoms with E-state index in [2.05, 4.69) is 34.6 Å². The molecule has 134 valence electrons. The largest absolute Gasteiger partial charge is 0.0654 e. The number of hydrogen-bond donors (Lipinski definition) is 0. The van der Waals surface area contributed by atoms with E-state index < -0.39 is 0 Å². The normalized spacial score (nSPS) is 14.5. The number of rotatable bonds is 16. The maximum Gasteiger partial charge on any atom is -0.0417 e. The minimum absolute atomic E-state index is 0.892. The highest BCUT2D eigenvalue weighted by molar-refractivity contribution is 4.63. The summed E-state index contributed by atoms with van der Waals surface area (Å²) in [5.74, 6) is 2.77. The van der Waals surface area contributed by atoms with Crippen LogP contribution in [-0.2, 0) is 0 Å². The Labute approximate surface area is 142 Å². The van der Waals surface area contributed by atoms with Gasteiger partial charge in [-0.3, -0.25) is 0 Å². The lowest BCUT2D eigenvalue weighted by atomic mass is 9.86. The fraction of sp³-hybridized carbons (Fsp3) is 1.00. The van der Waals surface area contributed by atoms with Gasteiger partial charge in [-0.1, -0.05) is 125 Å². The van der Waals surface area contributed by atoms with E-state index in [9.17, 15) is 0 Å². The zero-order valence-electron chi connectivity index (χ0n) is 16.6. The molecular formula is C22H46. The quantitative estimate of drug-likeness (QED) is 0.251. The predicted molar refractivity (Wildman–Crippen MR) is 103 cm³/mol. The Balaban J connectivity index is 3.36. The molecule has 0 radical (unpaired) electrons. The topological polar surface area (TPSA) is 0 Å². The lowest BCUT2D eigenvalue weighted by Crippen LogP contribution is -2.08. The van der Waals surface area contributed by atoms with E-state index in [1.54, 1.807) is 0 Å². The number of unbranched alkanes of at least 4 members (excludes halogenated alkanes) is 9. The Hall–Kier alpha value is 0. The SMILES string of the molecule is CCCCCCCCC(C)C(C)CCCCCCCC(C)C. The molecule has 0 aromatic carbocycles. The molecule has 0 fully saturated rings. The summed E-state index contributed by atoms with van der Waals surface area (Å²) in [5.41, 5.74) is 0. The summed E-state index contributed by atoms with van der Waals surface area (Å²) in [5, 5.41) is 0.